The topological polar surface area (TPSA) is 72.2 Å². The first kappa shape index (κ1) is 13.7. The second kappa shape index (κ2) is 4.89. The number of anilines is 1. The molecule has 0 aromatic heterocycles. The lowest BCUT2D eigenvalue weighted by molar-refractivity contribution is 0.576. The Balaban J connectivity index is 3.33. The van der Waals surface area contributed by atoms with Gasteiger partial charge in [-0.05, 0) is 31.9 Å². The third-order valence-corrected chi connectivity index (χ3v) is 4.34. The molecule has 1 aromatic rings. The average Bonchev–Trinajstić information content (AvgIpc) is 2.23. The number of nitrogens with one attached hydrogen (secondary N) is 1. The number of aryl methyl sites for hydroxylation is 2. The molecule has 0 radical (unpaired) electrons. The molecular formula is C12H18N2O2S. The number of benzene rings is 1. The van der Waals surface area contributed by atoms with Crippen LogP contribution in [0.5, 0.6) is 0 Å². The largest absolute Gasteiger partial charge is 0.397 e. The Labute approximate surface area is 103 Å². The van der Waals surface area contributed by atoms with Gasteiger partial charge in [-0.15, -0.1) is 6.58 Å². The minimum atomic E-state index is -3.60. The molecule has 0 saturated heterocycles. The van der Waals surface area contributed by atoms with E-state index in [-0.39, 0.29) is 10.9 Å². The number of sulfonamides is 1. The molecule has 1 unspecified atom stereocenters. The molecule has 1 atom stereocenters. The Bertz CT molecular complexity index is 536. The van der Waals surface area contributed by atoms with E-state index in [2.05, 4.69) is 11.3 Å². The number of nitrogens with two attached hydrogens (primary N) is 1. The molecule has 0 aliphatic carbocycles. The zero-order valence-electron chi connectivity index (χ0n) is 10.3. The van der Waals surface area contributed by atoms with E-state index in [0.717, 1.165) is 5.56 Å². The van der Waals surface area contributed by atoms with E-state index in [0.29, 0.717) is 11.3 Å². The van der Waals surface area contributed by atoms with Gasteiger partial charge in [-0.3, -0.25) is 0 Å². The highest BCUT2D eigenvalue weighted by atomic mass is 32.2. The normalized spacial score (nSPS) is 13.4. The fraction of sp³-hybridized carbons (Fsp3) is 0.333. The van der Waals surface area contributed by atoms with Crippen LogP contribution in [0.3, 0.4) is 0 Å². The summed E-state index contributed by atoms with van der Waals surface area (Å²) in [5.74, 6) is 0. The smallest absolute Gasteiger partial charge is 0.243 e. The minimum absolute atomic E-state index is 0.159. The molecule has 0 heterocycles. The fourth-order valence-electron chi connectivity index (χ4n) is 1.52. The van der Waals surface area contributed by atoms with Crippen LogP contribution in [0, 0.1) is 13.8 Å². The molecule has 0 saturated carbocycles. The van der Waals surface area contributed by atoms with Gasteiger partial charge in [0.05, 0.1) is 5.69 Å². The van der Waals surface area contributed by atoms with Crippen LogP contribution < -0.4 is 10.5 Å². The summed E-state index contributed by atoms with van der Waals surface area (Å²) in [6.07, 6.45) is 1.53. The molecule has 0 spiro atoms. The molecule has 1 aromatic carbocycles. The lowest BCUT2D eigenvalue weighted by Gasteiger charge is -2.15. The SMILES string of the molecule is C=CC(C)NS(=O)(=O)c1c(C)ccc(C)c1N. The van der Waals surface area contributed by atoms with Gasteiger partial charge in [-0.25, -0.2) is 13.1 Å². The van der Waals surface area contributed by atoms with Crippen molar-refractivity contribution in [3.8, 4) is 0 Å². The van der Waals surface area contributed by atoms with Gasteiger partial charge in [0.2, 0.25) is 10.0 Å². The van der Waals surface area contributed by atoms with E-state index >= 15 is 0 Å². The van der Waals surface area contributed by atoms with Crippen molar-refractivity contribution in [1.29, 1.82) is 0 Å². The van der Waals surface area contributed by atoms with E-state index in [1.165, 1.54) is 6.08 Å². The second-order valence-corrected chi connectivity index (χ2v) is 5.74. The lowest BCUT2D eigenvalue weighted by Crippen LogP contribution is -2.32. The number of hydrogen-bond donors (Lipinski definition) is 2. The van der Waals surface area contributed by atoms with Gasteiger partial charge in [-0.1, -0.05) is 18.2 Å². The zero-order chi connectivity index (χ0) is 13.2. The summed E-state index contributed by atoms with van der Waals surface area (Å²) in [4.78, 5) is 0.159. The van der Waals surface area contributed by atoms with E-state index in [9.17, 15) is 8.42 Å². The number of hydrogen-bond acceptors (Lipinski definition) is 3. The van der Waals surface area contributed by atoms with Crippen molar-refractivity contribution < 1.29 is 8.42 Å². The van der Waals surface area contributed by atoms with Crippen LogP contribution in [0.4, 0.5) is 5.69 Å². The Morgan fingerprint density at radius 3 is 2.41 bits per heavy atom. The zero-order valence-corrected chi connectivity index (χ0v) is 11.1. The first-order chi connectivity index (χ1) is 7.79. The molecule has 0 fully saturated rings. The van der Waals surface area contributed by atoms with Crippen molar-refractivity contribution in [3.63, 3.8) is 0 Å². The maximum atomic E-state index is 12.2. The molecule has 94 valence electrons. The van der Waals surface area contributed by atoms with Crippen LogP contribution in [0.15, 0.2) is 29.7 Å². The van der Waals surface area contributed by atoms with Gasteiger partial charge in [0.25, 0.3) is 0 Å². The number of nitrogen functional groups attached to an aromatic ring is 1. The van der Waals surface area contributed by atoms with E-state index in [1.807, 2.05) is 0 Å². The maximum absolute atomic E-state index is 12.2. The summed E-state index contributed by atoms with van der Waals surface area (Å²) in [5, 5.41) is 0. The Morgan fingerprint density at radius 1 is 1.35 bits per heavy atom. The molecule has 1 rings (SSSR count). The molecule has 5 heteroatoms. The Morgan fingerprint density at radius 2 is 1.88 bits per heavy atom. The molecule has 3 N–H and O–H groups in total. The molecule has 0 bridgehead atoms. The van der Waals surface area contributed by atoms with Crippen molar-refractivity contribution >= 4 is 15.7 Å². The van der Waals surface area contributed by atoms with E-state index in [4.69, 9.17) is 5.73 Å². The predicted octanol–water partition coefficient (Wildman–Crippen LogP) is 1.74. The van der Waals surface area contributed by atoms with Crippen molar-refractivity contribution in [1.82, 2.24) is 4.72 Å². The fourth-order valence-corrected chi connectivity index (χ4v) is 3.16. The summed E-state index contributed by atoms with van der Waals surface area (Å²) in [5.41, 5.74) is 7.53. The third kappa shape index (κ3) is 2.87. The predicted molar refractivity (Wildman–Crippen MR) is 70.3 cm³/mol. The highest BCUT2D eigenvalue weighted by Crippen LogP contribution is 2.25. The van der Waals surface area contributed by atoms with E-state index in [1.54, 1.807) is 32.9 Å². The third-order valence-electron chi connectivity index (χ3n) is 2.57. The molecular weight excluding hydrogens is 236 g/mol. The van der Waals surface area contributed by atoms with Gasteiger partial charge in [0, 0.05) is 6.04 Å². The summed E-state index contributed by atoms with van der Waals surface area (Å²) in [7, 11) is -3.60. The van der Waals surface area contributed by atoms with Crippen LogP contribution in [-0.2, 0) is 10.0 Å². The second-order valence-electron chi connectivity index (χ2n) is 4.09. The lowest BCUT2D eigenvalue weighted by atomic mass is 10.1. The first-order valence-electron chi connectivity index (χ1n) is 5.30. The van der Waals surface area contributed by atoms with Crippen molar-refractivity contribution in [2.75, 3.05) is 5.73 Å². The highest BCUT2D eigenvalue weighted by Gasteiger charge is 2.22. The summed E-state index contributed by atoms with van der Waals surface area (Å²) in [6.45, 7) is 8.76. The minimum Gasteiger partial charge on any atom is -0.397 e. The first-order valence-corrected chi connectivity index (χ1v) is 6.78. The highest BCUT2D eigenvalue weighted by molar-refractivity contribution is 7.89. The Hall–Kier alpha value is -1.33. The van der Waals surface area contributed by atoms with Crippen molar-refractivity contribution in [2.45, 2.75) is 31.7 Å². The standard InChI is InChI=1S/C12H18N2O2S/c1-5-10(4)14-17(15,16)12-9(3)7-6-8(2)11(12)13/h5-7,10,14H,1,13H2,2-4H3. The molecule has 0 aliphatic heterocycles. The van der Waals surface area contributed by atoms with Crippen LogP contribution in [0.2, 0.25) is 0 Å². The van der Waals surface area contributed by atoms with Crippen LogP contribution in [0.1, 0.15) is 18.1 Å². The Kier molecular flexibility index (Phi) is 3.95. The van der Waals surface area contributed by atoms with Gasteiger partial charge in [0.15, 0.2) is 0 Å². The summed E-state index contributed by atoms with van der Waals surface area (Å²) in [6, 6.07) is 3.22. The van der Waals surface area contributed by atoms with Crippen LogP contribution in [-0.4, -0.2) is 14.5 Å². The van der Waals surface area contributed by atoms with Crippen LogP contribution in [0.25, 0.3) is 0 Å². The maximum Gasteiger partial charge on any atom is 0.243 e. The van der Waals surface area contributed by atoms with Gasteiger partial charge in [0.1, 0.15) is 4.90 Å². The molecule has 4 nitrogen and oxygen atoms in total. The molecule has 0 amide bonds. The van der Waals surface area contributed by atoms with Gasteiger partial charge in [-0.2, -0.15) is 0 Å². The van der Waals surface area contributed by atoms with Crippen molar-refractivity contribution in [2.24, 2.45) is 0 Å². The monoisotopic (exact) mass is 254 g/mol. The average molecular weight is 254 g/mol. The molecule has 17 heavy (non-hydrogen) atoms. The van der Waals surface area contributed by atoms with Crippen LogP contribution >= 0.6 is 0 Å². The summed E-state index contributed by atoms with van der Waals surface area (Å²) < 4.78 is 26.8. The summed E-state index contributed by atoms with van der Waals surface area (Å²) >= 11 is 0. The quantitative estimate of drug-likeness (QED) is 0.635. The molecule has 0 aliphatic rings. The van der Waals surface area contributed by atoms with Gasteiger partial charge < -0.3 is 5.73 Å². The number of rotatable bonds is 4. The van der Waals surface area contributed by atoms with Gasteiger partial charge >= 0.3 is 0 Å². The van der Waals surface area contributed by atoms with E-state index < -0.39 is 10.0 Å². The van der Waals surface area contributed by atoms with Crippen molar-refractivity contribution in [3.05, 3.63) is 35.9 Å².